The number of rotatable bonds is 4. The number of aliphatic carboxylic acids is 1. The highest BCUT2D eigenvalue weighted by atomic mass is 16.4. The molecule has 104 valence electrons. The Morgan fingerprint density at radius 2 is 1.89 bits per heavy atom. The maximum absolute atomic E-state index is 11.0. The fourth-order valence-electron chi connectivity index (χ4n) is 3.40. The summed E-state index contributed by atoms with van der Waals surface area (Å²) in [7, 11) is 0. The largest absolute Gasteiger partial charge is 0.481 e. The molecule has 1 aromatic rings. The SMILES string of the molecule is Cc1ccc(CC2CCCCC2CC(=O)O)c(C)c1. The molecule has 0 bridgehead atoms. The Kier molecular flexibility index (Phi) is 4.62. The average Bonchev–Trinajstić information content (AvgIpc) is 2.34. The van der Waals surface area contributed by atoms with Crippen LogP contribution in [0.1, 0.15) is 48.8 Å². The van der Waals surface area contributed by atoms with E-state index in [0.29, 0.717) is 18.3 Å². The van der Waals surface area contributed by atoms with E-state index >= 15 is 0 Å². The third-order valence-electron chi connectivity index (χ3n) is 4.48. The van der Waals surface area contributed by atoms with E-state index in [-0.39, 0.29) is 0 Å². The quantitative estimate of drug-likeness (QED) is 0.884. The van der Waals surface area contributed by atoms with E-state index in [0.717, 1.165) is 12.8 Å². The summed E-state index contributed by atoms with van der Waals surface area (Å²) in [6, 6.07) is 6.61. The van der Waals surface area contributed by atoms with Gasteiger partial charge >= 0.3 is 5.97 Å². The first kappa shape index (κ1) is 14.1. The number of hydrogen-bond donors (Lipinski definition) is 1. The molecule has 2 heteroatoms. The monoisotopic (exact) mass is 260 g/mol. The summed E-state index contributed by atoms with van der Waals surface area (Å²) in [6.07, 6.45) is 6.11. The lowest BCUT2D eigenvalue weighted by atomic mass is 9.74. The number of hydrogen-bond acceptors (Lipinski definition) is 1. The van der Waals surface area contributed by atoms with Crippen molar-refractivity contribution in [3.63, 3.8) is 0 Å². The minimum absolute atomic E-state index is 0.343. The molecule has 0 saturated heterocycles. The highest BCUT2D eigenvalue weighted by molar-refractivity contribution is 5.67. The van der Waals surface area contributed by atoms with Gasteiger partial charge in [0.2, 0.25) is 0 Å². The first-order valence-electron chi connectivity index (χ1n) is 7.34. The predicted octanol–water partition coefficient (Wildman–Crippen LogP) is 4.13. The maximum Gasteiger partial charge on any atom is 0.303 e. The number of aryl methyl sites for hydroxylation is 2. The molecular weight excluding hydrogens is 236 g/mol. The number of carboxylic acid groups (broad SMARTS) is 1. The van der Waals surface area contributed by atoms with E-state index in [1.807, 2.05) is 0 Å². The summed E-state index contributed by atoms with van der Waals surface area (Å²) in [4.78, 5) is 11.0. The van der Waals surface area contributed by atoms with Gasteiger partial charge in [0.15, 0.2) is 0 Å². The zero-order valence-electron chi connectivity index (χ0n) is 12.0. The minimum atomic E-state index is -0.641. The summed E-state index contributed by atoms with van der Waals surface area (Å²) >= 11 is 0. The van der Waals surface area contributed by atoms with E-state index in [2.05, 4.69) is 32.0 Å². The molecule has 2 rings (SSSR count). The number of carbonyl (C=O) groups is 1. The molecule has 0 aliphatic heterocycles. The van der Waals surface area contributed by atoms with Crippen LogP contribution in [0.3, 0.4) is 0 Å². The molecule has 1 aliphatic carbocycles. The molecule has 1 aromatic carbocycles. The zero-order valence-corrected chi connectivity index (χ0v) is 12.0. The van der Waals surface area contributed by atoms with Crippen molar-refractivity contribution in [3.8, 4) is 0 Å². The molecule has 1 saturated carbocycles. The van der Waals surface area contributed by atoms with Crippen molar-refractivity contribution in [2.75, 3.05) is 0 Å². The number of benzene rings is 1. The molecule has 0 aromatic heterocycles. The van der Waals surface area contributed by atoms with Crippen molar-refractivity contribution < 1.29 is 9.90 Å². The van der Waals surface area contributed by atoms with Gasteiger partial charge in [0.25, 0.3) is 0 Å². The standard InChI is InChI=1S/C17H24O2/c1-12-7-8-14(13(2)9-12)10-15-5-3-4-6-16(15)11-17(18)19/h7-9,15-16H,3-6,10-11H2,1-2H3,(H,18,19). The van der Waals surface area contributed by atoms with Crippen molar-refractivity contribution in [1.82, 2.24) is 0 Å². The van der Waals surface area contributed by atoms with E-state index in [9.17, 15) is 4.79 Å². The lowest BCUT2D eigenvalue weighted by Gasteiger charge is -2.31. The minimum Gasteiger partial charge on any atom is -0.481 e. The Balaban J connectivity index is 2.08. The summed E-state index contributed by atoms with van der Waals surface area (Å²) in [6.45, 7) is 4.28. The van der Waals surface area contributed by atoms with Crippen molar-refractivity contribution >= 4 is 5.97 Å². The van der Waals surface area contributed by atoms with Gasteiger partial charge in [0.05, 0.1) is 0 Å². The lowest BCUT2D eigenvalue weighted by molar-refractivity contribution is -0.138. The fraction of sp³-hybridized carbons (Fsp3) is 0.588. The van der Waals surface area contributed by atoms with Crippen LogP contribution in [0.2, 0.25) is 0 Å². The summed E-state index contributed by atoms with van der Waals surface area (Å²) in [5.41, 5.74) is 4.04. The molecular formula is C17H24O2. The molecule has 1 N–H and O–H groups in total. The van der Waals surface area contributed by atoms with Crippen LogP contribution in [0, 0.1) is 25.7 Å². The van der Waals surface area contributed by atoms with Crippen LogP contribution < -0.4 is 0 Å². The average molecular weight is 260 g/mol. The van der Waals surface area contributed by atoms with Crippen molar-refractivity contribution in [2.24, 2.45) is 11.8 Å². The topological polar surface area (TPSA) is 37.3 Å². The van der Waals surface area contributed by atoms with Gasteiger partial charge in [-0.1, -0.05) is 36.6 Å². The van der Waals surface area contributed by atoms with Crippen LogP contribution in [-0.4, -0.2) is 11.1 Å². The third-order valence-corrected chi connectivity index (χ3v) is 4.48. The zero-order chi connectivity index (χ0) is 13.8. The molecule has 0 heterocycles. The molecule has 2 unspecified atom stereocenters. The smallest absolute Gasteiger partial charge is 0.303 e. The molecule has 2 nitrogen and oxygen atoms in total. The maximum atomic E-state index is 11.0. The van der Waals surface area contributed by atoms with Crippen molar-refractivity contribution in [3.05, 3.63) is 34.9 Å². The second-order valence-electron chi connectivity index (χ2n) is 6.04. The summed E-state index contributed by atoms with van der Waals surface area (Å²) < 4.78 is 0. The lowest BCUT2D eigenvalue weighted by Crippen LogP contribution is -2.24. The molecule has 0 radical (unpaired) electrons. The summed E-state index contributed by atoms with van der Waals surface area (Å²) in [5.74, 6) is 0.274. The Morgan fingerprint density at radius 3 is 2.53 bits per heavy atom. The van der Waals surface area contributed by atoms with Gasteiger partial charge in [-0.15, -0.1) is 0 Å². The third kappa shape index (κ3) is 3.82. The van der Waals surface area contributed by atoms with Crippen LogP contribution in [-0.2, 0) is 11.2 Å². The van der Waals surface area contributed by atoms with Crippen LogP contribution in [0.15, 0.2) is 18.2 Å². The molecule has 19 heavy (non-hydrogen) atoms. The summed E-state index contributed by atoms with van der Waals surface area (Å²) in [5, 5.41) is 9.04. The van der Waals surface area contributed by atoms with Gasteiger partial charge in [-0.25, -0.2) is 0 Å². The predicted molar refractivity (Wildman–Crippen MR) is 77.3 cm³/mol. The Hall–Kier alpha value is -1.31. The highest BCUT2D eigenvalue weighted by Crippen LogP contribution is 2.35. The normalized spacial score (nSPS) is 23.3. The van der Waals surface area contributed by atoms with Crippen molar-refractivity contribution in [2.45, 2.75) is 52.4 Å². The van der Waals surface area contributed by atoms with Crippen LogP contribution >= 0.6 is 0 Å². The first-order chi connectivity index (χ1) is 9.06. The van der Waals surface area contributed by atoms with Crippen LogP contribution in [0.4, 0.5) is 0 Å². The molecule has 1 aliphatic rings. The van der Waals surface area contributed by atoms with Gasteiger partial charge in [-0.3, -0.25) is 4.79 Å². The van der Waals surface area contributed by atoms with Gasteiger partial charge in [0.1, 0.15) is 0 Å². The van der Waals surface area contributed by atoms with Crippen molar-refractivity contribution in [1.29, 1.82) is 0 Å². The Labute approximate surface area is 115 Å². The van der Waals surface area contributed by atoms with E-state index in [1.54, 1.807) is 0 Å². The second kappa shape index (κ2) is 6.23. The van der Waals surface area contributed by atoms with Crippen LogP contribution in [0.25, 0.3) is 0 Å². The fourth-order valence-corrected chi connectivity index (χ4v) is 3.40. The molecule has 2 atom stereocenters. The van der Waals surface area contributed by atoms with Gasteiger partial charge in [-0.2, -0.15) is 0 Å². The number of carboxylic acids is 1. The van der Waals surface area contributed by atoms with Gasteiger partial charge < -0.3 is 5.11 Å². The van der Waals surface area contributed by atoms with Gasteiger partial charge in [-0.05, 0) is 56.1 Å². The van der Waals surface area contributed by atoms with Crippen LogP contribution in [0.5, 0.6) is 0 Å². The second-order valence-corrected chi connectivity index (χ2v) is 6.04. The van der Waals surface area contributed by atoms with E-state index in [4.69, 9.17) is 5.11 Å². The first-order valence-corrected chi connectivity index (χ1v) is 7.34. The Bertz CT molecular complexity index is 451. The van der Waals surface area contributed by atoms with E-state index < -0.39 is 5.97 Å². The van der Waals surface area contributed by atoms with Gasteiger partial charge in [0, 0.05) is 6.42 Å². The Morgan fingerprint density at radius 1 is 1.21 bits per heavy atom. The molecule has 0 amide bonds. The molecule has 0 spiro atoms. The molecule has 1 fully saturated rings. The van der Waals surface area contributed by atoms with E-state index in [1.165, 1.54) is 36.0 Å². The highest BCUT2D eigenvalue weighted by Gasteiger charge is 2.27.